The fourth-order valence-corrected chi connectivity index (χ4v) is 4.04. The van der Waals surface area contributed by atoms with Crippen LogP contribution in [0.3, 0.4) is 0 Å². The minimum absolute atomic E-state index is 0.0280. The minimum Gasteiger partial charge on any atom is -0.465 e. The third-order valence-electron chi connectivity index (χ3n) is 5.98. The fraction of sp³-hybridized carbons (Fsp3) is 0.407. The summed E-state index contributed by atoms with van der Waals surface area (Å²) < 4.78 is 10.6. The second kappa shape index (κ2) is 12.8. The van der Waals surface area contributed by atoms with Crippen molar-refractivity contribution < 1.29 is 28.7 Å². The normalized spacial score (nSPS) is 17.0. The molecule has 2 aromatic rings. The van der Waals surface area contributed by atoms with E-state index in [0.29, 0.717) is 12.8 Å². The highest BCUT2D eigenvalue weighted by Crippen LogP contribution is 2.19. The third-order valence-corrected chi connectivity index (χ3v) is 5.98. The first-order valence-corrected chi connectivity index (χ1v) is 12.1. The summed E-state index contributed by atoms with van der Waals surface area (Å²) >= 11 is 0. The molecule has 1 saturated heterocycles. The molecule has 1 aliphatic heterocycles. The van der Waals surface area contributed by atoms with Gasteiger partial charge < -0.3 is 14.4 Å². The summed E-state index contributed by atoms with van der Waals surface area (Å²) in [6.07, 6.45) is 0.995. The number of hydrogen-bond acceptors (Lipinski definition) is 7. The molecule has 0 saturated carbocycles. The number of rotatable bonds is 11. The monoisotopic (exact) mass is 495 g/mol. The van der Waals surface area contributed by atoms with Gasteiger partial charge in [0.25, 0.3) is 0 Å². The summed E-state index contributed by atoms with van der Waals surface area (Å²) in [5.74, 6) is -1.75. The zero-order valence-electron chi connectivity index (χ0n) is 20.9. The van der Waals surface area contributed by atoms with Crippen molar-refractivity contribution in [3.05, 3.63) is 71.8 Å². The number of benzene rings is 2. The molecule has 0 aliphatic carbocycles. The standard InChI is InChI=1S/C27H33N3O6/c1-4-35-25(32)22(16-15-20-11-7-5-8-12-20)28-19(2)24(31)30-23(17-29(3)27(30)34)26(33)36-18-21-13-9-6-10-14-21/h5-14,19,22-23,28H,4,15-18H2,1-3H3/t19?,22-,23?/m1/s1. The van der Waals surface area contributed by atoms with Crippen LogP contribution in [0.1, 0.15) is 31.4 Å². The van der Waals surface area contributed by atoms with Crippen molar-refractivity contribution in [2.75, 3.05) is 20.2 Å². The van der Waals surface area contributed by atoms with Gasteiger partial charge in [0, 0.05) is 7.05 Å². The Labute approximate surface area is 211 Å². The second-order valence-corrected chi connectivity index (χ2v) is 8.70. The Morgan fingerprint density at radius 3 is 2.22 bits per heavy atom. The summed E-state index contributed by atoms with van der Waals surface area (Å²) in [6.45, 7) is 3.55. The topological polar surface area (TPSA) is 105 Å². The van der Waals surface area contributed by atoms with E-state index in [9.17, 15) is 19.2 Å². The zero-order valence-corrected chi connectivity index (χ0v) is 20.9. The van der Waals surface area contributed by atoms with Crippen molar-refractivity contribution >= 4 is 23.9 Å². The fourth-order valence-electron chi connectivity index (χ4n) is 4.04. The number of ether oxygens (including phenoxy) is 2. The van der Waals surface area contributed by atoms with E-state index in [1.807, 2.05) is 60.7 Å². The predicted octanol–water partition coefficient (Wildman–Crippen LogP) is 2.54. The van der Waals surface area contributed by atoms with Gasteiger partial charge in [0.15, 0.2) is 6.04 Å². The van der Waals surface area contributed by atoms with Gasteiger partial charge in [0.2, 0.25) is 5.91 Å². The molecule has 0 bridgehead atoms. The van der Waals surface area contributed by atoms with E-state index in [4.69, 9.17) is 9.47 Å². The van der Waals surface area contributed by atoms with Crippen LogP contribution in [0.5, 0.6) is 0 Å². The molecule has 2 unspecified atom stereocenters. The van der Waals surface area contributed by atoms with Crippen LogP contribution in [0, 0.1) is 0 Å². The van der Waals surface area contributed by atoms with Gasteiger partial charge in [0.05, 0.1) is 19.2 Å². The van der Waals surface area contributed by atoms with Crippen molar-refractivity contribution in [2.45, 2.75) is 51.4 Å². The lowest BCUT2D eigenvalue weighted by atomic mass is 10.0. The largest absolute Gasteiger partial charge is 0.465 e. The van der Waals surface area contributed by atoms with E-state index in [1.54, 1.807) is 13.8 Å². The van der Waals surface area contributed by atoms with Gasteiger partial charge in [-0.1, -0.05) is 60.7 Å². The summed E-state index contributed by atoms with van der Waals surface area (Å²) in [5.41, 5.74) is 1.84. The summed E-state index contributed by atoms with van der Waals surface area (Å²) in [6, 6.07) is 15.5. The molecule has 1 N–H and O–H groups in total. The molecule has 192 valence electrons. The summed E-state index contributed by atoms with van der Waals surface area (Å²) in [7, 11) is 1.52. The Morgan fingerprint density at radius 2 is 1.61 bits per heavy atom. The van der Waals surface area contributed by atoms with Gasteiger partial charge in [-0.25, -0.2) is 14.5 Å². The van der Waals surface area contributed by atoms with Crippen LogP contribution in [0.15, 0.2) is 60.7 Å². The first kappa shape index (κ1) is 26.9. The molecule has 36 heavy (non-hydrogen) atoms. The average molecular weight is 496 g/mol. The van der Waals surface area contributed by atoms with Crippen molar-refractivity contribution in [1.82, 2.24) is 15.1 Å². The van der Waals surface area contributed by atoms with Crippen LogP contribution in [0.2, 0.25) is 0 Å². The van der Waals surface area contributed by atoms with Crippen LogP contribution in [-0.2, 0) is 36.9 Å². The Balaban J connectivity index is 1.67. The predicted molar refractivity (Wildman–Crippen MR) is 133 cm³/mol. The molecule has 9 nitrogen and oxygen atoms in total. The van der Waals surface area contributed by atoms with E-state index in [2.05, 4.69) is 5.32 Å². The van der Waals surface area contributed by atoms with E-state index in [-0.39, 0.29) is 19.8 Å². The highest BCUT2D eigenvalue weighted by Gasteiger charge is 2.46. The molecule has 3 rings (SSSR count). The molecular formula is C27H33N3O6. The lowest BCUT2D eigenvalue weighted by Crippen LogP contribution is -2.55. The van der Waals surface area contributed by atoms with E-state index < -0.39 is 42.0 Å². The van der Waals surface area contributed by atoms with Crippen LogP contribution in [0.4, 0.5) is 4.79 Å². The molecule has 2 aromatic carbocycles. The molecule has 9 heteroatoms. The first-order chi connectivity index (χ1) is 17.3. The van der Waals surface area contributed by atoms with Gasteiger partial charge >= 0.3 is 18.0 Å². The minimum atomic E-state index is -1.08. The van der Waals surface area contributed by atoms with E-state index in [0.717, 1.165) is 16.0 Å². The number of esters is 2. The Bertz CT molecular complexity index is 1050. The smallest absolute Gasteiger partial charge is 0.331 e. The number of nitrogens with zero attached hydrogens (tertiary/aromatic N) is 2. The lowest BCUT2D eigenvalue weighted by molar-refractivity contribution is -0.153. The quantitative estimate of drug-likeness (QED) is 0.478. The number of likely N-dealkylation sites (N-methyl/N-ethyl adjacent to an activating group) is 1. The Kier molecular flexibility index (Phi) is 9.58. The van der Waals surface area contributed by atoms with Crippen molar-refractivity contribution in [3.63, 3.8) is 0 Å². The molecule has 0 aromatic heterocycles. The van der Waals surface area contributed by atoms with E-state index in [1.165, 1.54) is 11.9 Å². The lowest BCUT2D eigenvalue weighted by Gasteiger charge is -2.26. The van der Waals surface area contributed by atoms with Crippen LogP contribution in [-0.4, -0.2) is 72.0 Å². The molecule has 0 radical (unpaired) electrons. The van der Waals surface area contributed by atoms with Gasteiger partial charge in [0.1, 0.15) is 12.6 Å². The van der Waals surface area contributed by atoms with Crippen LogP contribution >= 0.6 is 0 Å². The maximum absolute atomic E-state index is 13.3. The summed E-state index contributed by atoms with van der Waals surface area (Å²) in [4.78, 5) is 53.8. The highest BCUT2D eigenvalue weighted by molar-refractivity contribution is 6.03. The molecule has 3 amide bonds. The van der Waals surface area contributed by atoms with Crippen molar-refractivity contribution in [3.8, 4) is 0 Å². The number of carbonyl (C=O) groups excluding carboxylic acids is 4. The molecule has 0 spiro atoms. The SMILES string of the molecule is CCOC(=O)[C@@H](CCc1ccccc1)NC(C)C(=O)N1C(=O)N(C)CC1C(=O)OCc1ccccc1. The highest BCUT2D eigenvalue weighted by atomic mass is 16.5. The molecular weight excluding hydrogens is 462 g/mol. The first-order valence-electron chi connectivity index (χ1n) is 12.1. The van der Waals surface area contributed by atoms with Crippen molar-refractivity contribution in [2.24, 2.45) is 0 Å². The number of hydrogen-bond donors (Lipinski definition) is 1. The number of aryl methyl sites for hydroxylation is 1. The average Bonchev–Trinajstić information content (AvgIpc) is 3.19. The molecule has 1 heterocycles. The van der Waals surface area contributed by atoms with Crippen LogP contribution < -0.4 is 5.32 Å². The second-order valence-electron chi connectivity index (χ2n) is 8.70. The molecule has 3 atom stereocenters. The zero-order chi connectivity index (χ0) is 26.1. The van der Waals surface area contributed by atoms with Gasteiger partial charge in [-0.3, -0.25) is 14.9 Å². The third kappa shape index (κ3) is 6.91. The Morgan fingerprint density at radius 1 is 1.00 bits per heavy atom. The maximum atomic E-state index is 13.3. The number of amides is 3. The number of nitrogens with one attached hydrogen (secondary N) is 1. The van der Waals surface area contributed by atoms with Gasteiger partial charge in [-0.2, -0.15) is 0 Å². The Hall–Kier alpha value is -3.72. The maximum Gasteiger partial charge on any atom is 0.331 e. The van der Waals surface area contributed by atoms with Crippen LogP contribution in [0.25, 0.3) is 0 Å². The number of imide groups is 1. The van der Waals surface area contributed by atoms with Crippen molar-refractivity contribution in [1.29, 1.82) is 0 Å². The molecule has 1 aliphatic rings. The summed E-state index contributed by atoms with van der Waals surface area (Å²) in [5, 5.41) is 3.01. The number of urea groups is 1. The molecule has 1 fully saturated rings. The van der Waals surface area contributed by atoms with Gasteiger partial charge in [-0.15, -0.1) is 0 Å². The van der Waals surface area contributed by atoms with E-state index >= 15 is 0 Å². The van der Waals surface area contributed by atoms with Gasteiger partial charge in [-0.05, 0) is 37.8 Å². The number of carbonyl (C=O) groups is 4.